The van der Waals surface area contributed by atoms with Gasteiger partial charge in [0.2, 0.25) is 0 Å². The summed E-state index contributed by atoms with van der Waals surface area (Å²) in [6.07, 6.45) is 129. The minimum Gasteiger partial charge on any atom is -0.0654 e. The van der Waals surface area contributed by atoms with Crippen LogP contribution in [0.5, 0.6) is 0 Å². The highest BCUT2D eigenvalue weighted by atomic mass is 14.5. The Labute approximate surface area is 626 Å². The monoisotopic (exact) mass is 1370 g/mol. The second kappa shape index (κ2) is 85.9. The summed E-state index contributed by atoms with van der Waals surface area (Å²) in [5.41, 5.74) is 0.480. The van der Waals surface area contributed by atoms with E-state index < -0.39 is 0 Å². The van der Waals surface area contributed by atoms with Crippen molar-refractivity contribution in [2.45, 2.75) is 607 Å². The molecule has 1 radical (unpaired) electrons. The van der Waals surface area contributed by atoms with Crippen LogP contribution in [0, 0.1) is 23.2 Å². The van der Waals surface area contributed by atoms with Crippen LogP contribution in [0.1, 0.15) is 607 Å². The third-order valence-electron chi connectivity index (χ3n) is 24.6. The summed E-state index contributed by atoms with van der Waals surface area (Å²) in [5, 5.41) is 0. The normalized spacial score (nSPS) is 12.5. The third kappa shape index (κ3) is 72.9. The molecule has 0 rings (SSSR count). The molecule has 0 amide bonds. The molecular weight excluding hydrogens is 1180 g/mol. The average Bonchev–Trinajstić information content (AvgIpc) is 0.796. The van der Waals surface area contributed by atoms with Gasteiger partial charge in [0.1, 0.15) is 0 Å². The smallest absolute Gasteiger partial charge is 0.0176 e. The quantitative estimate of drug-likeness (QED) is 0.0533. The molecule has 0 heteroatoms. The molecule has 0 aromatic heterocycles. The van der Waals surface area contributed by atoms with Gasteiger partial charge in [0.05, 0.1) is 0 Å². The summed E-state index contributed by atoms with van der Waals surface area (Å²) in [7, 11) is 0. The number of rotatable bonds is 90. The zero-order valence-corrected chi connectivity index (χ0v) is 70.7. The van der Waals surface area contributed by atoms with Gasteiger partial charge in [0.25, 0.3) is 0 Å². The molecule has 1 unspecified atom stereocenters. The van der Waals surface area contributed by atoms with Crippen LogP contribution in [0.25, 0.3) is 0 Å². The Morgan fingerprint density at radius 3 is 0.480 bits per heavy atom. The molecule has 0 aliphatic heterocycles. The van der Waals surface area contributed by atoms with Crippen molar-refractivity contribution in [1.82, 2.24) is 0 Å². The molecule has 0 aromatic carbocycles. The highest BCUT2D eigenvalue weighted by Gasteiger charge is 2.43. The van der Waals surface area contributed by atoms with E-state index in [1.54, 1.807) is 25.7 Å². The van der Waals surface area contributed by atoms with Crippen molar-refractivity contribution in [1.29, 1.82) is 0 Å². The first kappa shape index (κ1) is 98.0. The first-order valence-electron chi connectivity index (χ1n) is 48.4. The van der Waals surface area contributed by atoms with Crippen molar-refractivity contribution in [3.63, 3.8) is 0 Å². The third-order valence-corrected chi connectivity index (χ3v) is 24.6. The Hall–Kier alpha value is 0. The van der Waals surface area contributed by atoms with Crippen LogP contribution in [0.4, 0.5) is 0 Å². The Bertz CT molecular complexity index is 1290. The lowest BCUT2D eigenvalue weighted by Crippen LogP contribution is -2.38. The van der Waals surface area contributed by atoms with Crippen LogP contribution in [-0.2, 0) is 0 Å². The van der Waals surface area contributed by atoms with Gasteiger partial charge in [-0.1, -0.05) is 569 Å². The van der Waals surface area contributed by atoms with Crippen LogP contribution < -0.4 is 0 Å². The number of unbranched alkanes of at least 4 members (excludes halogenated alkanes) is 74. The Balaban J connectivity index is 6.84. The van der Waals surface area contributed by atoms with Crippen molar-refractivity contribution in [3.05, 3.63) is 5.92 Å². The molecule has 0 aliphatic rings. The van der Waals surface area contributed by atoms with E-state index in [9.17, 15) is 0 Å². The van der Waals surface area contributed by atoms with Crippen molar-refractivity contribution in [2.75, 3.05) is 0 Å². The van der Waals surface area contributed by atoms with Gasteiger partial charge < -0.3 is 0 Å². The fourth-order valence-electron chi connectivity index (χ4n) is 17.8. The molecule has 0 saturated carbocycles. The van der Waals surface area contributed by atoms with Gasteiger partial charge in [-0.2, -0.15) is 0 Å². The van der Waals surface area contributed by atoms with Gasteiger partial charge in [-0.15, -0.1) is 0 Å². The maximum absolute atomic E-state index is 2.41. The predicted molar refractivity (Wildman–Crippen MR) is 454 cm³/mol. The molecule has 0 N–H and O–H groups in total. The zero-order chi connectivity index (χ0) is 70.8. The van der Waals surface area contributed by atoms with Crippen molar-refractivity contribution >= 4 is 0 Å². The van der Waals surface area contributed by atoms with E-state index in [1.165, 1.54) is 533 Å². The molecule has 1 atom stereocenters. The SMILES string of the molecule is CCCCCCCCCCCCCCCC[C](CCCCCCCCCCCCCCCC)C(CCCCCCCCCCCCCCCC)(CCCCCCCCCCCCCCCC)C(CCCCCCCCCCCCCCCC)CCCCCCCCCCCCC(C)C. The van der Waals surface area contributed by atoms with Crippen LogP contribution in [-0.4, -0.2) is 0 Å². The number of hydrogen-bond donors (Lipinski definition) is 0. The van der Waals surface area contributed by atoms with E-state index in [0.29, 0.717) is 5.41 Å². The van der Waals surface area contributed by atoms with Gasteiger partial charge in [0, 0.05) is 0 Å². The summed E-state index contributed by atoms with van der Waals surface area (Å²) >= 11 is 0. The summed E-state index contributed by atoms with van der Waals surface area (Å²) in [4.78, 5) is 0. The largest absolute Gasteiger partial charge is 0.0654 e. The predicted octanol–water partition coefficient (Wildman–Crippen LogP) is 37.9. The Kier molecular flexibility index (Phi) is 85.9. The summed E-state index contributed by atoms with van der Waals surface area (Å²) in [6, 6.07) is 0. The topological polar surface area (TPSA) is 0 Å². The Morgan fingerprint density at radius 1 is 0.163 bits per heavy atom. The molecule has 0 fully saturated rings. The highest BCUT2D eigenvalue weighted by molar-refractivity contribution is 5.10. The van der Waals surface area contributed by atoms with Crippen LogP contribution in [0.3, 0.4) is 0 Å². The maximum atomic E-state index is 2.41. The number of hydrogen-bond acceptors (Lipinski definition) is 0. The van der Waals surface area contributed by atoms with Crippen LogP contribution in [0.2, 0.25) is 0 Å². The van der Waals surface area contributed by atoms with E-state index in [4.69, 9.17) is 0 Å². The lowest BCUT2D eigenvalue weighted by molar-refractivity contribution is 0.0976. The standard InChI is InChI=1S/C98H197/c1-8-13-18-23-28-33-38-43-48-53-61-68-75-82-89-96(90-83-76-69-62-54-49-44-39-34-29-24-19-14-9-2)98(93-86-79-72-65-58-51-46-41-36-31-26-21-16-11-4,94-87-80-73-66-59-52-47-42-37-32-27-22-17-12-5)97(92-85-78-71-64-57-56-60-67-74-81-88-95(6)7)91-84-77-70-63-55-50-45-40-35-30-25-20-15-10-3/h95,97H,8-94H2,1-7H3. The van der Waals surface area contributed by atoms with Crippen molar-refractivity contribution in [3.8, 4) is 0 Å². The summed E-state index contributed by atoms with van der Waals surface area (Å²) in [5.74, 6) is 3.98. The first-order chi connectivity index (χ1) is 48.5. The van der Waals surface area contributed by atoms with Gasteiger partial charge >= 0.3 is 0 Å². The lowest BCUT2D eigenvalue weighted by Gasteiger charge is -2.48. The molecule has 0 heterocycles. The molecule has 98 heavy (non-hydrogen) atoms. The maximum Gasteiger partial charge on any atom is -0.0176 e. The van der Waals surface area contributed by atoms with E-state index >= 15 is 0 Å². The average molecular weight is 1380 g/mol. The van der Waals surface area contributed by atoms with Crippen molar-refractivity contribution in [2.24, 2.45) is 17.3 Å². The molecule has 0 spiro atoms. The van der Waals surface area contributed by atoms with Crippen molar-refractivity contribution < 1.29 is 0 Å². The van der Waals surface area contributed by atoms with Gasteiger partial charge in [0.15, 0.2) is 0 Å². The molecule has 0 aliphatic carbocycles. The highest BCUT2D eigenvalue weighted by Crippen LogP contribution is 2.54. The summed E-state index contributed by atoms with van der Waals surface area (Å²) in [6.45, 7) is 16.6. The zero-order valence-electron chi connectivity index (χ0n) is 70.7. The lowest BCUT2D eigenvalue weighted by atomic mass is 9.56. The second-order valence-electron chi connectivity index (χ2n) is 34.7. The molecule has 0 aromatic rings. The van der Waals surface area contributed by atoms with Crippen LogP contribution >= 0.6 is 0 Å². The second-order valence-corrected chi connectivity index (χ2v) is 34.7. The first-order valence-corrected chi connectivity index (χ1v) is 48.4. The fraction of sp³-hybridized carbons (Fsp3) is 0.990. The molecule has 589 valence electrons. The Morgan fingerprint density at radius 2 is 0.306 bits per heavy atom. The van der Waals surface area contributed by atoms with Crippen LogP contribution in [0.15, 0.2) is 0 Å². The van der Waals surface area contributed by atoms with E-state index in [2.05, 4.69) is 54.4 Å². The minimum atomic E-state index is 0.480. The van der Waals surface area contributed by atoms with E-state index in [-0.39, 0.29) is 0 Å². The van der Waals surface area contributed by atoms with Gasteiger partial charge in [-0.25, -0.2) is 0 Å². The fourth-order valence-corrected chi connectivity index (χ4v) is 17.8. The summed E-state index contributed by atoms with van der Waals surface area (Å²) < 4.78 is 0. The molecule has 0 nitrogen and oxygen atoms in total. The molecule has 0 bridgehead atoms. The van der Waals surface area contributed by atoms with E-state index in [1.807, 2.05) is 0 Å². The molecule has 0 saturated heterocycles. The minimum absolute atomic E-state index is 0.480. The van der Waals surface area contributed by atoms with E-state index in [0.717, 1.165) is 11.8 Å². The van der Waals surface area contributed by atoms with Gasteiger partial charge in [-0.3, -0.25) is 0 Å². The molecular formula is C98H197. The van der Waals surface area contributed by atoms with Gasteiger partial charge in [-0.05, 0) is 61.7 Å².